The molecule has 0 saturated carbocycles. The molecule has 0 bridgehead atoms. The topological polar surface area (TPSA) is 85.3 Å². The van der Waals surface area contributed by atoms with Gasteiger partial charge in [-0.15, -0.1) is 0 Å². The molecule has 1 aromatic heterocycles. The predicted molar refractivity (Wildman–Crippen MR) is 126 cm³/mol. The Morgan fingerprint density at radius 1 is 0.943 bits per heavy atom. The molecule has 0 aliphatic carbocycles. The van der Waals surface area contributed by atoms with Crippen LogP contribution in [-0.2, 0) is 4.79 Å². The Balaban J connectivity index is 1.72. The number of para-hydroxylation sites is 1. The monoisotopic (exact) mass is 476 g/mol. The van der Waals surface area contributed by atoms with Gasteiger partial charge in [-0.2, -0.15) is 5.10 Å². The van der Waals surface area contributed by atoms with E-state index in [1.165, 1.54) is 13.1 Å². The molecule has 2 amide bonds. The van der Waals surface area contributed by atoms with E-state index in [0.29, 0.717) is 11.4 Å². The molecule has 178 valence electrons. The minimum absolute atomic E-state index is 0.0381. The Bertz CT molecular complexity index is 1360. The third kappa shape index (κ3) is 5.03. The second-order valence-corrected chi connectivity index (χ2v) is 7.58. The van der Waals surface area contributed by atoms with Gasteiger partial charge in [-0.05, 0) is 60.2 Å². The van der Waals surface area contributed by atoms with Crippen molar-refractivity contribution in [3.05, 3.63) is 102 Å². The first-order valence-electron chi connectivity index (χ1n) is 10.7. The van der Waals surface area contributed by atoms with Crippen molar-refractivity contribution in [3.63, 3.8) is 0 Å². The van der Waals surface area contributed by atoms with E-state index < -0.39 is 29.5 Å². The summed E-state index contributed by atoms with van der Waals surface area (Å²) in [6, 6.07) is 19.9. The average Bonchev–Trinajstić information content (AvgIpc) is 3.35. The molecule has 0 spiro atoms. The number of rotatable bonds is 7. The highest BCUT2D eigenvalue weighted by Crippen LogP contribution is 2.26. The highest BCUT2D eigenvalue weighted by Gasteiger charge is 2.26. The van der Waals surface area contributed by atoms with Gasteiger partial charge >= 0.3 is 0 Å². The van der Waals surface area contributed by atoms with Crippen molar-refractivity contribution in [1.82, 2.24) is 20.4 Å². The van der Waals surface area contributed by atoms with Crippen LogP contribution in [0.15, 0.2) is 78.9 Å². The number of carbonyl (C=O) groups excluding carboxylic acids is 2. The molecule has 7 nitrogen and oxygen atoms in total. The summed E-state index contributed by atoms with van der Waals surface area (Å²) >= 11 is 0. The molecule has 0 radical (unpaired) electrons. The number of ether oxygens (including phenoxy) is 1. The number of halogens is 2. The summed E-state index contributed by atoms with van der Waals surface area (Å²) in [4.78, 5) is 25.6. The van der Waals surface area contributed by atoms with Crippen LogP contribution in [0.1, 0.15) is 22.1 Å². The zero-order chi connectivity index (χ0) is 24.9. The minimum atomic E-state index is -1.26. The van der Waals surface area contributed by atoms with Crippen LogP contribution in [0.2, 0.25) is 0 Å². The van der Waals surface area contributed by atoms with Crippen molar-refractivity contribution in [1.29, 1.82) is 0 Å². The maximum Gasteiger partial charge on any atom is 0.272 e. The molecule has 2 N–H and O–H groups in total. The molecule has 3 aromatic carbocycles. The highest BCUT2D eigenvalue weighted by molar-refractivity contribution is 5.97. The summed E-state index contributed by atoms with van der Waals surface area (Å²) in [5.41, 5.74) is 2.27. The van der Waals surface area contributed by atoms with E-state index in [9.17, 15) is 18.4 Å². The summed E-state index contributed by atoms with van der Waals surface area (Å²) < 4.78 is 34.1. The molecule has 4 aromatic rings. The highest BCUT2D eigenvalue weighted by atomic mass is 19.2. The van der Waals surface area contributed by atoms with Crippen LogP contribution >= 0.6 is 0 Å². The standard InChI is InChI=1S/C26H22F2N4O3/c1-29-26(34)24(17-10-13-20(27)21(28)14-17)30-25(33)22-15-23(16-8-11-19(35-2)12-9-16)32(31-22)18-6-4-3-5-7-18/h3-15,24H,1-2H3,(H,29,34)(H,30,33). The minimum Gasteiger partial charge on any atom is -0.497 e. The number of nitrogens with zero attached hydrogens (tertiary/aromatic N) is 2. The van der Waals surface area contributed by atoms with Gasteiger partial charge in [-0.25, -0.2) is 13.5 Å². The van der Waals surface area contributed by atoms with Crippen LogP contribution in [0, 0.1) is 11.6 Å². The van der Waals surface area contributed by atoms with Crippen molar-refractivity contribution in [2.75, 3.05) is 14.2 Å². The van der Waals surface area contributed by atoms with Gasteiger partial charge in [-0.3, -0.25) is 9.59 Å². The third-order valence-corrected chi connectivity index (χ3v) is 5.39. The van der Waals surface area contributed by atoms with Crippen LogP contribution in [0.25, 0.3) is 16.9 Å². The molecule has 4 rings (SSSR count). The summed E-state index contributed by atoms with van der Waals surface area (Å²) in [7, 11) is 2.95. The number of methoxy groups -OCH3 is 1. The molecular weight excluding hydrogens is 454 g/mol. The molecular formula is C26H22F2N4O3. The molecule has 0 aliphatic rings. The number of hydrogen-bond acceptors (Lipinski definition) is 4. The molecule has 1 heterocycles. The van der Waals surface area contributed by atoms with E-state index in [1.54, 1.807) is 30.0 Å². The Morgan fingerprint density at radius 2 is 1.66 bits per heavy atom. The Hall–Kier alpha value is -4.53. The van der Waals surface area contributed by atoms with E-state index >= 15 is 0 Å². The Morgan fingerprint density at radius 3 is 2.29 bits per heavy atom. The Kier molecular flexibility index (Phi) is 6.86. The van der Waals surface area contributed by atoms with E-state index in [4.69, 9.17) is 4.74 Å². The molecule has 35 heavy (non-hydrogen) atoms. The number of nitrogens with one attached hydrogen (secondary N) is 2. The number of hydrogen-bond donors (Lipinski definition) is 2. The van der Waals surface area contributed by atoms with Gasteiger partial charge in [0.1, 0.15) is 11.8 Å². The van der Waals surface area contributed by atoms with Gasteiger partial charge in [0.2, 0.25) is 5.91 Å². The summed E-state index contributed by atoms with van der Waals surface area (Å²) in [5.74, 6) is -2.75. The third-order valence-electron chi connectivity index (χ3n) is 5.39. The van der Waals surface area contributed by atoms with E-state index in [2.05, 4.69) is 15.7 Å². The lowest BCUT2D eigenvalue weighted by atomic mass is 10.1. The SMILES string of the molecule is CNC(=O)C(NC(=O)c1cc(-c2ccc(OC)cc2)n(-c2ccccc2)n1)c1ccc(F)c(F)c1. The fraction of sp³-hybridized carbons (Fsp3) is 0.115. The first kappa shape index (κ1) is 23.6. The largest absolute Gasteiger partial charge is 0.497 e. The Labute approximate surface area is 200 Å². The number of likely N-dealkylation sites (N-methyl/N-ethyl adjacent to an activating group) is 1. The van der Waals surface area contributed by atoms with Gasteiger partial charge in [0, 0.05) is 12.6 Å². The van der Waals surface area contributed by atoms with Crippen molar-refractivity contribution in [3.8, 4) is 22.7 Å². The maximum absolute atomic E-state index is 13.8. The van der Waals surface area contributed by atoms with E-state index in [-0.39, 0.29) is 11.3 Å². The van der Waals surface area contributed by atoms with Crippen molar-refractivity contribution in [2.24, 2.45) is 0 Å². The molecule has 1 unspecified atom stereocenters. The average molecular weight is 476 g/mol. The van der Waals surface area contributed by atoms with E-state index in [1.807, 2.05) is 42.5 Å². The summed E-state index contributed by atoms with van der Waals surface area (Å²) in [6.45, 7) is 0. The quantitative estimate of drug-likeness (QED) is 0.422. The lowest BCUT2D eigenvalue weighted by molar-refractivity contribution is -0.122. The van der Waals surface area contributed by atoms with Crippen LogP contribution in [0.4, 0.5) is 8.78 Å². The first-order chi connectivity index (χ1) is 16.9. The van der Waals surface area contributed by atoms with Crippen LogP contribution < -0.4 is 15.4 Å². The number of benzene rings is 3. The molecule has 0 fully saturated rings. The second-order valence-electron chi connectivity index (χ2n) is 7.58. The summed E-state index contributed by atoms with van der Waals surface area (Å²) in [6.07, 6.45) is 0. The molecule has 1 atom stereocenters. The zero-order valence-corrected chi connectivity index (χ0v) is 19.0. The number of amides is 2. The number of carbonyl (C=O) groups is 2. The van der Waals surface area contributed by atoms with Gasteiger partial charge in [-0.1, -0.05) is 24.3 Å². The van der Waals surface area contributed by atoms with Crippen LogP contribution in [0.5, 0.6) is 5.75 Å². The predicted octanol–water partition coefficient (Wildman–Crippen LogP) is 4.04. The maximum atomic E-state index is 13.8. The van der Waals surface area contributed by atoms with Gasteiger partial charge in [0.05, 0.1) is 18.5 Å². The first-order valence-corrected chi connectivity index (χ1v) is 10.7. The zero-order valence-electron chi connectivity index (χ0n) is 19.0. The van der Waals surface area contributed by atoms with Gasteiger partial charge in [0.25, 0.3) is 5.91 Å². The van der Waals surface area contributed by atoms with Crippen molar-refractivity contribution < 1.29 is 23.1 Å². The van der Waals surface area contributed by atoms with Gasteiger partial charge in [0.15, 0.2) is 17.3 Å². The smallest absolute Gasteiger partial charge is 0.272 e. The number of aromatic nitrogens is 2. The normalized spacial score (nSPS) is 11.5. The van der Waals surface area contributed by atoms with Crippen molar-refractivity contribution >= 4 is 11.8 Å². The molecule has 0 aliphatic heterocycles. The van der Waals surface area contributed by atoms with E-state index in [0.717, 1.165) is 23.4 Å². The lowest BCUT2D eigenvalue weighted by Gasteiger charge is -2.17. The fourth-order valence-electron chi connectivity index (χ4n) is 3.57. The lowest BCUT2D eigenvalue weighted by Crippen LogP contribution is -2.39. The van der Waals surface area contributed by atoms with Gasteiger partial charge < -0.3 is 15.4 Å². The summed E-state index contributed by atoms with van der Waals surface area (Å²) in [5, 5.41) is 9.47. The second kappa shape index (κ2) is 10.2. The van der Waals surface area contributed by atoms with Crippen LogP contribution in [0.3, 0.4) is 0 Å². The van der Waals surface area contributed by atoms with Crippen LogP contribution in [-0.4, -0.2) is 35.8 Å². The molecule has 9 heteroatoms. The fourth-order valence-corrected chi connectivity index (χ4v) is 3.57. The molecule has 0 saturated heterocycles. The van der Waals surface area contributed by atoms with Crippen molar-refractivity contribution in [2.45, 2.75) is 6.04 Å².